The van der Waals surface area contributed by atoms with Gasteiger partial charge in [-0.05, 0) is 47.8 Å². The van der Waals surface area contributed by atoms with E-state index >= 15 is 0 Å². The minimum absolute atomic E-state index is 0.0547. The molecule has 0 fully saturated rings. The summed E-state index contributed by atoms with van der Waals surface area (Å²) in [4.78, 5) is 20.8. The van der Waals surface area contributed by atoms with Crippen molar-refractivity contribution >= 4 is 11.8 Å². The van der Waals surface area contributed by atoms with Gasteiger partial charge in [-0.1, -0.05) is 29.4 Å². The molecule has 0 aromatic heterocycles. The largest absolute Gasteiger partial charge is 0.494 e. The van der Waals surface area contributed by atoms with Crippen LogP contribution < -0.4 is 10.1 Å². The third-order valence-corrected chi connectivity index (χ3v) is 5.59. The lowest BCUT2D eigenvalue weighted by molar-refractivity contribution is -0.128. The molecule has 1 amide bonds. The number of carbonyl (C=O) groups is 1. The Labute approximate surface area is 197 Å². The molecule has 0 aliphatic carbocycles. The number of aliphatic hydroxyl groups excluding tert-OH is 1. The number of alkyl halides is 1. The second-order valence-electron chi connectivity index (χ2n) is 7.83. The van der Waals surface area contributed by atoms with E-state index in [1.54, 1.807) is 31.2 Å². The number of azide groups is 1. The highest BCUT2D eigenvalue weighted by atomic mass is 19.1. The van der Waals surface area contributed by atoms with Gasteiger partial charge in [0.15, 0.2) is 5.54 Å². The lowest BCUT2D eigenvalue weighted by atomic mass is 9.84. The molecule has 0 radical (unpaired) electrons. The molecular formula is C24H28FN5O4. The fraction of sp³-hybridized carbons (Fsp3) is 0.417. The van der Waals surface area contributed by atoms with E-state index in [9.17, 15) is 9.18 Å². The number of hydrogen-bond acceptors (Lipinski definition) is 6. The number of amides is 1. The molecular weight excluding hydrogens is 441 g/mol. The Morgan fingerprint density at radius 3 is 2.71 bits per heavy atom. The average Bonchev–Trinajstić information content (AvgIpc) is 3.19. The lowest BCUT2D eigenvalue weighted by Gasteiger charge is -2.28. The molecule has 34 heavy (non-hydrogen) atoms. The van der Waals surface area contributed by atoms with Crippen molar-refractivity contribution in [3.63, 3.8) is 0 Å². The Morgan fingerprint density at radius 1 is 1.29 bits per heavy atom. The fourth-order valence-electron chi connectivity index (χ4n) is 3.74. The van der Waals surface area contributed by atoms with Gasteiger partial charge in [0.05, 0.1) is 13.2 Å². The molecule has 10 heteroatoms. The number of aliphatic hydroxyl groups is 1. The standard InChI is InChI=1S/C24H28FN5O4/c1-17-24(23(32)27-12-11-25,15-19-5-2-3-6-20(19)16-28-30-26)29-22(34-17)18-7-9-21(10-8-18)33-14-4-13-31/h2-3,5-10,17,31H,4,11-16H2,1H3,(H,27,32)/t17-,24-/m1/s1. The zero-order valence-electron chi connectivity index (χ0n) is 19.0. The van der Waals surface area contributed by atoms with Gasteiger partial charge >= 0.3 is 0 Å². The summed E-state index contributed by atoms with van der Waals surface area (Å²) in [5.74, 6) is 0.510. The van der Waals surface area contributed by atoms with Crippen molar-refractivity contribution in [2.75, 3.05) is 26.4 Å². The van der Waals surface area contributed by atoms with Crippen molar-refractivity contribution in [3.8, 4) is 5.75 Å². The number of nitrogens with one attached hydrogen (secondary N) is 1. The third kappa shape index (κ3) is 5.84. The van der Waals surface area contributed by atoms with Crippen molar-refractivity contribution in [1.82, 2.24) is 5.32 Å². The van der Waals surface area contributed by atoms with Crippen LogP contribution in [0.3, 0.4) is 0 Å². The normalized spacial score (nSPS) is 19.0. The second kappa shape index (κ2) is 12.0. The molecule has 1 aliphatic rings. The molecule has 9 nitrogen and oxygen atoms in total. The third-order valence-electron chi connectivity index (χ3n) is 5.59. The minimum atomic E-state index is -1.33. The second-order valence-corrected chi connectivity index (χ2v) is 7.83. The maximum atomic E-state index is 13.3. The quantitative estimate of drug-likeness (QED) is 0.213. The van der Waals surface area contributed by atoms with Gasteiger partial charge < -0.3 is 19.9 Å². The number of rotatable bonds is 12. The molecule has 2 atom stereocenters. The predicted molar refractivity (Wildman–Crippen MR) is 125 cm³/mol. The number of halogens is 1. The maximum absolute atomic E-state index is 13.3. The van der Waals surface area contributed by atoms with Gasteiger partial charge in [-0.25, -0.2) is 9.38 Å². The van der Waals surface area contributed by atoms with E-state index in [4.69, 9.17) is 25.1 Å². The smallest absolute Gasteiger partial charge is 0.252 e. The van der Waals surface area contributed by atoms with Gasteiger partial charge in [0.2, 0.25) is 5.90 Å². The topological polar surface area (TPSA) is 129 Å². The summed E-state index contributed by atoms with van der Waals surface area (Å²) in [6.07, 6.45) is 0.0947. The van der Waals surface area contributed by atoms with Gasteiger partial charge in [-0.3, -0.25) is 4.79 Å². The Morgan fingerprint density at radius 2 is 2.03 bits per heavy atom. The van der Waals surface area contributed by atoms with Gasteiger partial charge in [-0.15, -0.1) is 0 Å². The summed E-state index contributed by atoms with van der Waals surface area (Å²) >= 11 is 0. The molecule has 0 bridgehead atoms. The molecule has 2 aromatic carbocycles. The van der Waals surface area contributed by atoms with Gasteiger partial charge in [-0.2, -0.15) is 0 Å². The van der Waals surface area contributed by atoms with E-state index < -0.39 is 24.2 Å². The molecule has 0 unspecified atom stereocenters. The van der Waals surface area contributed by atoms with Crippen molar-refractivity contribution in [2.45, 2.75) is 38.0 Å². The van der Waals surface area contributed by atoms with Crippen molar-refractivity contribution in [3.05, 3.63) is 75.7 Å². The van der Waals surface area contributed by atoms with Crippen LogP contribution in [-0.4, -0.2) is 55.0 Å². The minimum Gasteiger partial charge on any atom is -0.494 e. The van der Waals surface area contributed by atoms with E-state index in [1.165, 1.54) is 0 Å². The number of benzene rings is 2. The average molecular weight is 470 g/mol. The highest BCUT2D eigenvalue weighted by Crippen LogP contribution is 2.33. The Bertz CT molecular complexity index is 1060. The van der Waals surface area contributed by atoms with E-state index in [2.05, 4.69) is 15.3 Å². The van der Waals surface area contributed by atoms with E-state index in [1.807, 2.05) is 24.3 Å². The van der Waals surface area contributed by atoms with Crippen molar-refractivity contribution < 1.29 is 23.8 Å². The first-order chi connectivity index (χ1) is 16.5. The van der Waals surface area contributed by atoms with Crippen LogP contribution in [0.25, 0.3) is 10.4 Å². The zero-order chi connectivity index (χ0) is 24.4. The van der Waals surface area contributed by atoms with Crippen LogP contribution in [0.2, 0.25) is 0 Å². The SMILES string of the molecule is C[C@H]1OC(c2ccc(OCCCO)cc2)=N[C@@]1(Cc1ccccc1CN=[N+]=[N-])C(=O)NCCF. The van der Waals surface area contributed by atoms with Crippen LogP contribution in [0, 0.1) is 0 Å². The zero-order valence-corrected chi connectivity index (χ0v) is 19.0. The number of aliphatic imine (C=N–C) groups is 1. The summed E-state index contributed by atoms with van der Waals surface area (Å²) in [5, 5.41) is 15.1. The summed E-state index contributed by atoms with van der Waals surface area (Å²) in [5.41, 5.74) is 9.63. The molecule has 2 aromatic rings. The van der Waals surface area contributed by atoms with E-state index in [0.717, 1.165) is 11.1 Å². The Balaban J connectivity index is 1.93. The summed E-state index contributed by atoms with van der Waals surface area (Å²) < 4.78 is 24.4. The first-order valence-electron chi connectivity index (χ1n) is 11.1. The monoisotopic (exact) mass is 469 g/mol. The molecule has 0 saturated heterocycles. The molecule has 3 rings (SSSR count). The van der Waals surface area contributed by atoms with Gasteiger partial charge in [0, 0.05) is 36.5 Å². The maximum Gasteiger partial charge on any atom is 0.252 e. The Kier molecular flexibility index (Phi) is 8.84. The first kappa shape index (κ1) is 25.0. The lowest BCUT2D eigenvalue weighted by Crippen LogP contribution is -2.53. The van der Waals surface area contributed by atoms with Crippen LogP contribution in [0.1, 0.15) is 30.0 Å². The van der Waals surface area contributed by atoms with Crippen molar-refractivity contribution in [1.29, 1.82) is 0 Å². The van der Waals surface area contributed by atoms with E-state index in [0.29, 0.717) is 30.2 Å². The van der Waals surface area contributed by atoms with Crippen LogP contribution in [-0.2, 0) is 22.5 Å². The highest BCUT2D eigenvalue weighted by Gasteiger charge is 2.50. The molecule has 0 spiro atoms. The predicted octanol–water partition coefficient (Wildman–Crippen LogP) is 3.49. The van der Waals surface area contributed by atoms with Crippen LogP contribution in [0.5, 0.6) is 5.75 Å². The number of ether oxygens (including phenoxy) is 2. The number of carbonyl (C=O) groups excluding carboxylic acids is 1. The van der Waals surface area contributed by atoms with Crippen LogP contribution >= 0.6 is 0 Å². The number of hydrogen-bond donors (Lipinski definition) is 2. The molecule has 0 saturated carbocycles. The molecule has 2 N–H and O–H groups in total. The van der Waals surface area contributed by atoms with Crippen LogP contribution in [0.4, 0.5) is 4.39 Å². The summed E-state index contributed by atoms with van der Waals surface area (Å²) in [6, 6.07) is 14.4. The first-order valence-corrected chi connectivity index (χ1v) is 11.1. The van der Waals surface area contributed by atoms with Crippen molar-refractivity contribution in [2.24, 2.45) is 10.1 Å². The fourth-order valence-corrected chi connectivity index (χ4v) is 3.74. The Hall–Kier alpha value is -3.62. The van der Waals surface area contributed by atoms with Gasteiger partial charge in [0.1, 0.15) is 18.5 Å². The molecule has 1 heterocycles. The summed E-state index contributed by atoms with van der Waals surface area (Å²) in [7, 11) is 0. The van der Waals surface area contributed by atoms with Gasteiger partial charge in [0.25, 0.3) is 5.91 Å². The number of nitrogens with zero attached hydrogens (tertiary/aromatic N) is 4. The van der Waals surface area contributed by atoms with E-state index in [-0.39, 0.29) is 26.1 Å². The van der Waals surface area contributed by atoms with Crippen LogP contribution in [0.15, 0.2) is 58.6 Å². The molecule has 180 valence electrons. The molecule has 1 aliphatic heterocycles. The summed E-state index contributed by atoms with van der Waals surface area (Å²) in [6.45, 7) is 1.53. The highest BCUT2D eigenvalue weighted by molar-refractivity contribution is 6.00.